The van der Waals surface area contributed by atoms with Gasteiger partial charge in [-0.3, -0.25) is 9.59 Å². The molecule has 8 nitrogen and oxygen atoms in total. The van der Waals surface area contributed by atoms with Crippen LogP contribution >= 0.6 is 0 Å². The molecule has 1 fully saturated rings. The molecule has 0 saturated carbocycles. The van der Waals surface area contributed by atoms with E-state index >= 15 is 0 Å². The van der Waals surface area contributed by atoms with Crippen LogP contribution in [0.5, 0.6) is 5.75 Å². The van der Waals surface area contributed by atoms with Gasteiger partial charge in [-0.1, -0.05) is 30.3 Å². The smallest absolute Gasteiger partial charge is 0.490 e. The zero-order chi connectivity index (χ0) is 24.4. The fraction of sp³-hybridized carbons (Fsp3) is 0.318. The van der Waals surface area contributed by atoms with E-state index in [1.165, 1.54) is 0 Å². The highest BCUT2D eigenvalue weighted by molar-refractivity contribution is 5.98. The number of benzene rings is 2. The number of ether oxygens (including phenoxy) is 1. The molecule has 1 atom stereocenters. The second-order valence-electron chi connectivity index (χ2n) is 6.92. The number of hydrogen-bond acceptors (Lipinski definition) is 5. The Labute approximate surface area is 188 Å². The number of hydrogen-bond donors (Lipinski definition) is 3. The van der Waals surface area contributed by atoms with Crippen LogP contribution in [0.25, 0.3) is 0 Å². The van der Waals surface area contributed by atoms with E-state index in [1.54, 1.807) is 36.3 Å². The van der Waals surface area contributed by atoms with E-state index < -0.39 is 18.2 Å². The predicted octanol–water partition coefficient (Wildman–Crippen LogP) is 2.23. The molecule has 0 radical (unpaired) electrons. The van der Waals surface area contributed by atoms with Gasteiger partial charge in [-0.15, -0.1) is 0 Å². The number of carbonyl (C=O) groups is 3. The third kappa shape index (κ3) is 7.79. The second kappa shape index (κ2) is 11.9. The summed E-state index contributed by atoms with van der Waals surface area (Å²) in [6, 6.07) is 15.5. The van der Waals surface area contributed by atoms with Gasteiger partial charge < -0.3 is 25.4 Å². The Morgan fingerprint density at radius 2 is 1.58 bits per heavy atom. The highest BCUT2D eigenvalue weighted by Crippen LogP contribution is 2.18. The van der Waals surface area contributed by atoms with Crippen molar-refractivity contribution in [1.29, 1.82) is 0 Å². The van der Waals surface area contributed by atoms with E-state index in [0.717, 1.165) is 18.7 Å². The zero-order valence-corrected chi connectivity index (χ0v) is 17.8. The number of methoxy groups -OCH3 is 1. The van der Waals surface area contributed by atoms with Gasteiger partial charge in [0.15, 0.2) is 0 Å². The molecule has 1 aliphatic heterocycles. The van der Waals surface area contributed by atoms with Gasteiger partial charge in [0.1, 0.15) is 11.8 Å². The first-order valence-electron chi connectivity index (χ1n) is 9.93. The predicted molar refractivity (Wildman–Crippen MR) is 113 cm³/mol. The lowest BCUT2D eigenvalue weighted by atomic mass is 10.0. The van der Waals surface area contributed by atoms with Gasteiger partial charge in [-0.2, -0.15) is 13.2 Å². The van der Waals surface area contributed by atoms with Crippen LogP contribution < -0.4 is 15.4 Å². The monoisotopic (exact) mass is 467 g/mol. The molecule has 0 spiro atoms. The Kier molecular flexibility index (Phi) is 9.22. The average Bonchev–Trinajstić information content (AvgIpc) is 2.83. The van der Waals surface area contributed by atoms with E-state index in [-0.39, 0.29) is 11.8 Å². The fourth-order valence-electron chi connectivity index (χ4n) is 2.96. The number of amides is 2. The molecule has 0 aliphatic carbocycles. The summed E-state index contributed by atoms with van der Waals surface area (Å²) in [5.41, 5.74) is 1.26. The van der Waals surface area contributed by atoms with Crippen LogP contribution in [0.15, 0.2) is 54.6 Å². The molecule has 3 rings (SSSR count). The van der Waals surface area contributed by atoms with Gasteiger partial charge in [-0.25, -0.2) is 4.79 Å². The van der Waals surface area contributed by atoms with Crippen LogP contribution in [0.3, 0.4) is 0 Å². The first-order valence-corrected chi connectivity index (χ1v) is 9.93. The topological polar surface area (TPSA) is 108 Å². The van der Waals surface area contributed by atoms with Crippen LogP contribution in [0.4, 0.5) is 13.2 Å². The van der Waals surface area contributed by atoms with Crippen molar-refractivity contribution in [2.45, 2.75) is 12.2 Å². The number of nitrogens with one attached hydrogen (secondary N) is 2. The van der Waals surface area contributed by atoms with Crippen LogP contribution in [0.2, 0.25) is 0 Å². The van der Waals surface area contributed by atoms with Crippen molar-refractivity contribution in [2.24, 2.45) is 0 Å². The van der Waals surface area contributed by atoms with Crippen molar-refractivity contribution >= 4 is 17.8 Å². The number of halogens is 3. The van der Waals surface area contributed by atoms with Crippen molar-refractivity contribution in [3.8, 4) is 5.75 Å². The van der Waals surface area contributed by atoms with Crippen LogP contribution in [-0.4, -0.2) is 67.3 Å². The number of rotatable bonds is 5. The molecule has 0 bridgehead atoms. The number of carboxylic acids is 1. The summed E-state index contributed by atoms with van der Waals surface area (Å²) in [6.45, 7) is 2.81. The standard InChI is InChI=1S/C20H23N3O3.C2HF3O2/c1-26-17-9-7-16(8-10-17)19(24)22-18(15-5-3-2-4-6-15)20(25)23-13-11-21-12-14-23;3-2(4,5)1(6)7/h2-10,18,21H,11-14H2,1H3,(H,22,24);(H,6,7)/t18-;/m1./s1. The molecule has 3 N–H and O–H groups in total. The normalized spacial score (nSPS) is 14.4. The lowest BCUT2D eigenvalue weighted by molar-refractivity contribution is -0.192. The van der Waals surface area contributed by atoms with Crippen molar-refractivity contribution in [3.63, 3.8) is 0 Å². The van der Waals surface area contributed by atoms with Gasteiger partial charge in [-0.05, 0) is 29.8 Å². The molecule has 1 saturated heterocycles. The van der Waals surface area contributed by atoms with Crippen LogP contribution in [-0.2, 0) is 9.59 Å². The maximum absolute atomic E-state index is 13.0. The van der Waals surface area contributed by atoms with Gasteiger partial charge in [0.05, 0.1) is 7.11 Å². The zero-order valence-electron chi connectivity index (χ0n) is 17.8. The van der Waals surface area contributed by atoms with Crippen molar-refractivity contribution in [1.82, 2.24) is 15.5 Å². The number of piperazine rings is 1. The van der Waals surface area contributed by atoms with Crippen molar-refractivity contribution in [3.05, 3.63) is 65.7 Å². The quantitative estimate of drug-likeness (QED) is 0.623. The number of carboxylic acid groups (broad SMARTS) is 1. The van der Waals surface area contributed by atoms with Crippen LogP contribution in [0.1, 0.15) is 22.0 Å². The van der Waals surface area contributed by atoms with E-state index in [9.17, 15) is 22.8 Å². The minimum absolute atomic E-state index is 0.0837. The molecule has 0 aromatic heterocycles. The van der Waals surface area contributed by atoms with Crippen molar-refractivity contribution < 1.29 is 37.4 Å². The van der Waals surface area contributed by atoms with Gasteiger partial charge in [0.2, 0.25) is 5.91 Å². The summed E-state index contributed by atoms with van der Waals surface area (Å²) in [5.74, 6) is -2.45. The minimum Gasteiger partial charge on any atom is -0.497 e. The second-order valence-corrected chi connectivity index (χ2v) is 6.92. The first kappa shape index (κ1) is 25.7. The molecule has 1 heterocycles. The molecular weight excluding hydrogens is 443 g/mol. The summed E-state index contributed by atoms with van der Waals surface area (Å²) in [5, 5.41) is 13.3. The molecule has 178 valence electrons. The largest absolute Gasteiger partial charge is 0.497 e. The summed E-state index contributed by atoms with van der Waals surface area (Å²) in [7, 11) is 1.58. The summed E-state index contributed by atoms with van der Waals surface area (Å²) < 4.78 is 36.9. The van der Waals surface area contributed by atoms with E-state index in [2.05, 4.69) is 10.6 Å². The third-order valence-corrected chi connectivity index (χ3v) is 4.68. The fourth-order valence-corrected chi connectivity index (χ4v) is 2.96. The highest BCUT2D eigenvalue weighted by Gasteiger charge is 2.38. The molecular formula is C22H24F3N3O5. The Balaban J connectivity index is 0.000000479. The maximum atomic E-state index is 13.0. The molecule has 11 heteroatoms. The minimum atomic E-state index is -5.08. The average molecular weight is 467 g/mol. The highest BCUT2D eigenvalue weighted by atomic mass is 19.4. The van der Waals surface area contributed by atoms with E-state index in [1.807, 2.05) is 30.3 Å². The number of alkyl halides is 3. The molecule has 2 aromatic rings. The molecule has 0 unspecified atom stereocenters. The number of aliphatic carboxylic acids is 1. The number of nitrogens with zero attached hydrogens (tertiary/aromatic N) is 1. The number of carbonyl (C=O) groups excluding carboxylic acids is 2. The van der Waals surface area contributed by atoms with Gasteiger partial charge >= 0.3 is 12.1 Å². The molecule has 1 aliphatic rings. The Hall–Kier alpha value is -3.60. The van der Waals surface area contributed by atoms with E-state index in [4.69, 9.17) is 14.6 Å². The van der Waals surface area contributed by atoms with E-state index in [0.29, 0.717) is 24.4 Å². The summed E-state index contributed by atoms with van der Waals surface area (Å²) in [4.78, 5) is 36.4. The molecule has 2 amide bonds. The summed E-state index contributed by atoms with van der Waals surface area (Å²) >= 11 is 0. The van der Waals surface area contributed by atoms with Gasteiger partial charge in [0, 0.05) is 31.7 Å². The lowest BCUT2D eigenvalue weighted by Crippen LogP contribution is -2.50. The Morgan fingerprint density at radius 1 is 1.03 bits per heavy atom. The maximum Gasteiger partial charge on any atom is 0.490 e. The molecule has 33 heavy (non-hydrogen) atoms. The molecule has 2 aromatic carbocycles. The van der Waals surface area contributed by atoms with Crippen molar-refractivity contribution in [2.75, 3.05) is 33.3 Å². The lowest BCUT2D eigenvalue weighted by Gasteiger charge is -2.31. The Bertz CT molecular complexity index is 931. The van der Waals surface area contributed by atoms with Crippen LogP contribution in [0, 0.1) is 0 Å². The SMILES string of the molecule is COc1ccc(C(=O)N[C@@H](C(=O)N2CCNCC2)c2ccccc2)cc1.O=C(O)C(F)(F)F. The Morgan fingerprint density at radius 3 is 2.06 bits per heavy atom. The summed E-state index contributed by atoms with van der Waals surface area (Å²) in [6.07, 6.45) is -5.08. The van der Waals surface area contributed by atoms with Gasteiger partial charge in [0.25, 0.3) is 5.91 Å². The first-order chi connectivity index (χ1) is 15.6. The third-order valence-electron chi connectivity index (χ3n) is 4.68.